The summed E-state index contributed by atoms with van der Waals surface area (Å²) in [6.45, 7) is 0. The summed E-state index contributed by atoms with van der Waals surface area (Å²) in [6.07, 6.45) is 0. The molecule has 0 radical (unpaired) electrons. The van der Waals surface area contributed by atoms with E-state index in [0.29, 0.717) is 22.2 Å². The van der Waals surface area contributed by atoms with Crippen molar-refractivity contribution in [1.29, 1.82) is 0 Å². The first-order valence-electron chi connectivity index (χ1n) is 12.2. The van der Waals surface area contributed by atoms with Crippen LogP contribution >= 0.6 is 12.2 Å². The summed E-state index contributed by atoms with van der Waals surface area (Å²) in [6, 6.07) is 27.3. The van der Waals surface area contributed by atoms with Crippen molar-refractivity contribution in [3.63, 3.8) is 0 Å². The molecule has 0 unspecified atom stereocenters. The Morgan fingerprint density at radius 1 is 0.805 bits per heavy atom. The zero-order valence-electron chi connectivity index (χ0n) is 21.1. The van der Waals surface area contributed by atoms with Gasteiger partial charge in [0.1, 0.15) is 0 Å². The quantitative estimate of drug-likeness (QED) is 0.155. The number of thiocarbonyl (C=S) groups is 1. The molecule has 4 aromatic carbocycles. The molecule has 0 bridgehead atoms. The second kappa shape index (κ2) is 11.6. The van der Waals surface area contributed by atoms with Gasteiger partial charge < -0.3 is 5.32 Å². The number of amides is 2. The fourth-order valence-corrected chi connectivity index (χ4v) is 4.17. The standard InChI is InChI=1S/C29H20N6O5S/c36-26(19-12-16-22(17-13-19)35(39)40)32-29(41)30-21-14-10-20(11-15-21)27(37)33-34-25(18-6-2-1-3-7-18)31-24-9-5-4-8-23(24)28(34)38/h1-17H,(H,33,37)(H2,30,32,36,41). The van der Waals surface area contributed by atoms with Gasteiger partial charge in [-0.05, 0) is 60.7 Å². The molecule has 202 valence electrons. The van der Waals surface area contributed by atoms with Gasteiger partial charge in [-0.1, -0.05) is 42.5 Å². The zero-order chi connectivity index (χ0) is 28.9. The van der Waals surface area contributed by atoms with Gasteiger partial charge in [0.15, 0.2) is 10.9 Å². The van der Waals surface area contributed by atoms with Crippen LogP contribution in [0.3, 0.4) is 0 Å². The van der Waals surface area contributed by atoms with E-state index in [1.165, 1.54) is 36.4 Å². The van der Waals surface area contributed by atoms with Crippen LogP contribution < -0.4 is 21.6 Å². The molecule has 12 heteroatoms. The molecule has 1 aromatic heterocycles. The van der Waals surface area contributed by atoms with Crippen LogP contribution in [0.15, 0.2) is 108 Å². The molecule has 0 fully saturated rings. The number of fused-ring (bicyclic) bond motifs is 1. The summed E-state index contributed by atoms with van der Waals surface area (Å²) < 4.78 is 1.13. The average Bonchev–Trinajstić information content (AvgIpc) is 2.99. The van der Waals surface area contributed by atoms with E-state index < -0.39 is 22.3 Å². The molecule has 1 heterocycles. The number of anilines is 1. The van der Waals surface area contributed by atoms with Gasteiger partial charge in [-0.15, -0.1) is 0 Å². The van der Waals surface area contributed by atoms with Crippen molar-refractivity contribution in [2.24, 2.45) is 0 Å². The average molecular weight is 565 g/mol. The Morgan fingerprint density at radius 2 is 1.41 bits per heavy atom. The molecule has 3 N–H and O–H groups in total. The van der Waals surface area contributed by atoms with Crippen molar-refractivity contribution in [3.8, 4) is 11.4 Å². The molecular formula is C29H20N6O5S. The molecule has 41 heavy (non-hydrogen) atoms. The molecule has 5 rings (SSSR count). The number of para-hydroxylation sites is 1. The predicted molar refractivity (Wildman–Crippen MR) is 158 cm³/mol. The molecule has 5 aromatic rings. The molecule has 0 aliphatic rings. The summed E-state index contributed by atoms with van der Waals surface area (Å²) in [5.41, 5.74) is 4.21. The number of rotatable bonds is 6. The minimum Gasteiger partial charge on any atom is -0.332 e. The van der Waals surface area contributed by atoms with Gasteiger partial charge in [0, 0.05) is 34.5 Å². The normalized spacial score (nSPS) is 10.5. The second-order valence-electron chi connectivity index (χ2n) is 8.69. The predicted octanol–water partition coefficient (Wildman–Crippen LogP) is 4.48. The first kappa shape index (κ1) is 26.8. The topological polar surface area (TPSA) is 148 Å². The van der Waals surface area contributed by atoms with E-state index in [4.69, 9.17) is 12.2 Å². The van der Waals surface area contributed by atoms with E-state index in [9.17, 15) is 24.5 Å². The maximum Gasteiger partial charge on any atom is 0.280 e. The van der Waals surface area contributed by atoms with Gasteiger partial charge in [-0.3, -0.25) is 35.2 Å². The van der Waals surface area contributed by atoms with E-state index in [2.05, 4.69) is 21.0 Å². The third kappa shape index (κ3) is 5.97. The van der Waals surface area contributed by atoms with Gasteiger partial charge >= 0.3 is 0 Å². The van der Waals surface area contributed by atoms with E-state index in [1.807, 2.05) is 18.2 Å². The molecule has 0 spiro atoms. The summed E-state index contributed by atoms with van der Waals surface area (Å²) in [5.74, 6) is -0.797. The molecule has 0 saturated heterocycles. The van der Waals surface area contributed by atoms with Gasteiger partial charge in [0.2, 0.25) is 0 Å². The molecule has 0 aliphatic heterocycles. The molecule has 0 aliphatic carbocycles. The minimum absolute atomic E-state index is 0.00755. The lowest BCUT2D eigenvalue weighted by Gasteiger charge is -2.15. The Labute approximate surface area is 237 Å². The third-order valence-electron chi connectivity index (χ3n) is 5.99. The number of hydrogen-bond acceptors (Lipinski definition) is 7. The maximum absolute atomic E-state index is 13.3. The van der Waals surface area contributed by atoms with Crippen LogP contribution in [0, 0.1) is 10.1 Å². The van der Waals surface area contributed by atoms with Crippen LogP contribution in [0.1, 0.15) is 20.7 Å². The van der Waals surface area contributed by atoms with Crippen molar-refractivity contribution in [1.82, 2.24) is 15.0 Å². The van der Waals surface area contributed by atoms with E-state index in [0.717, 1.165) is 4.68 Å². The highest BCUT2D eigenvalue weighted by atomic mass is 32.1. The minimum atomic E-state index is -0.559. The van der Waals surface area contributed by atoms with Crippen LogP contribution in [0.5, 0.6) is 0 Å². The first-order chi connectivity index (χ1) is 19.8. The lowest BCUT2D eigenvalue weighted by atomic mass is 10.2. The third-order valence-corrected chi connectivity index (χ3v) is 6.20. The first-order valence-corrected chi connectivity index (χ1v) is 12.6. The highest BCUT2D eigenvalue weighted by Gasteiger charge is 2.16. The van der Waals surface area contributed by atoms with Crippen molar-refractivity contribution < 1.29 is 14.5 Å². The second-order valence-corrected chi connectivity index (χ2v) is 9.10. The lowest BCUT2D eigenvalue weighted by molar-refractivity contribution is -0.384. The molecular weight excluding hydrogens is 544 g/mol. The van der Waals surface area contributed by atoms with Gasteiger partial charge in [0.05, 0.1) is 15.8 Å². The summed E-state index contributed by atoms with van der Waals surface area (Å²) in [7, 11) is 0. The Bertz CT molecular complexity index is 1860. The van der Waals surface area contributed by atoms with Crippen molar-refractivity contribution >= 4 is 51.4 Å². The number of nitro benzene ring substituents is 1. The van der Waals surface area contributed by atoms with Crippen LogP contribution in [0.4, 0.5) is 11.4 Å². The summed E-state index contributed by atoms with van der Waals surface area (Å²) >= 11 is 5.19. The molecule has 11 nitrogen and oxygen atoms in total. The fraction of sp³-hybridized carbons (Fsp3) is 0. The number of carbonyl (C=O) groups excluding carboxylic acids is 2. The van der Waals surface area contributed by atoms with Crippen LogP contribution in [-0.4, -0.2) is 31.5 Å². The SMILES string of the molecule is O=C(NC(=S)Nc1ccc(C(=O)Nn2c(-c3ccccc3)nc3ccccc3c2=O)cc1)c1ccc([N+](=O)[O-])cc1. The Balaban J connectivity index is 1.30. The largest absolute Gasteiger partial charge is 0.332 e. The Hall–Kier alpha value is -5.75. The maximum atomic E-state index is 13.3. The number of non-ortho nitro benzene ring substituents is 1. The van der Waals surface area contributed by atoms with E-state index in [1.54, 1.807) is 48.5 Å². The van der Waals surface area contributed by atoms with E-state index in [-0.39, 0.29) is 27.8 Å². The fourth-order valence-electron chi connectivity index (χ4n) is 3.96. The number of carbonyl (C=O) groups is 2. The zero-order valence-corrected chi connectivity index (χ0v) is 21.9. The van der Waals surface area contributed by atoms with Gasteiger partial charge in [-0.2, -0.15) is 4.68 Å². The van der Waals surface area contributed by atoms with Gasteiger partial charge in [0.25, 0.3) is 23.1 Å². The number of benzene rings is 4. The Kier molecular flexibility index (Phi) is 7.56. The number of nitro groups is 1. The number of hydrogen-bond donors (Lipinski definition) is 3. The molecule has 0 atom stereocenters. The molecule has 0 saturated carbocycles. The highest BCUT2D eigenvalue weighted by molar-refractivity contribution is 7.80. The van der Waals surface area contributed by atoms with Crippen molar-refractivity contribution in [2.75, 3.05) is 10.7 Å². The molecule has 2 amide bonds. The number of nitrogens with zero attached hydrogens (tertiary/aromatic N) is 3. The lowest BCUT2D eigenvalue weighted by Crippen LogP contribution is -2.35. The Morgan fingerprint density at radius 3 is 2.10 bits per heavy atom. The number of nitrogens with one attached hydrogen (secondary N) is 3. The number of aromatic nitrogens is 2. The highest BCUT2D eigenvalue weighted by Crippen LogP contribution is 2.18. The van der Waals surface area contributed by atoms with Crippen molar-refractivity contribution in [3.05, 3.63) is 135 Å². The van der Waals surface area contributed by atoms with E-state index >= 15 is 0 Å². The monoisotopic (exact) mass is 564 g/mol. The van der Waals surface area contributed by atoms with Crippen molar-refractivity contribution in [2.45, 2.75) is 0 Å². The van der Waals surface area contributed by atoms with Crippen LogP contribution in [0.2, 0.25) is 0 Å². The summed E-state index contributed by atoms with van der Waals surface area (Å²) in [4.78, 5) is 53.7. The van der Waals surface area contributed by atoms with Crippen LogP contribution in [0.25, 0.3) is 22.3 Å². The van der Waals surface area contributed by atoms with Crippen LogP contribution in [-0.2, 0) is 0 Å². The smallest absolute Gasteiger partial charge is 0.280 e. The van der Waals surface area contributed by atoms with Gasteiger partial charge in [-0.25, -0.2) is 4.98 Å². The summed E-state index contributed by atoms with van der Waals surface area (Å²) in [5, 5.41) is 16.5.